The van der Waals surface area contributed by atoms with Crippen LogP contribution in [0.4, 0.5) is 0 Å². The quantitative estimate of drug-likeness (QED) is 0.635. The van der Waals surface area contributed by atoms with Gasteiger partial charge in [-0.1, -0.05) is 6.07 Å². The smallest absolute Gasteiger partial charge is 0.342 e. The van der Waals surface area contributed by atoms with Crippen molar-refractivity contribution in [3.05, 3.63) is 53.7 Å². The van der Waals surface area contributed by atoms with Crippen molar-refractivity contribution in [3.8, 4) is 22.9 Å². The predicted molar refractivity (Wildman–Crippen MR) is 105 cm³/mol. The largest absolute Gasteiger partial charge is 0.496 e. The zero-order chi connectivity index (χ0) is 19.8. The van der Waals surface area contributed by atoms with Gasteiger partial charge in [0.15, 0.2) is 0 Å². The lowest BCUT2D eigenvalue weighted by Crippen LogP contribution is -2.24. The number of fused-ring (bicyclic) bond motifs is 1. The summed E-state index contributed by atoms with van der Waals surface area (Å²) in [6.45, 7) is 5.47. The van der Waals surface area contributed by atoms with Crippen LogP contribution in [0.25, 0.3) is 22.0 Å². The number of aryl methyl sites for hydroxylation is 1. The minimum absolute atomic E-state index is 0.372. The molecule has 0 aliphatic rings. The molecule has 0 spiro atoms. The molecule has 1 aromatic heterocycles. The molecule has 3 aromatic rings. The zero-order valence-corrected chi connectivity index (χ0v) is 16.2. The van der Waals surface area contributed by atoms with E-state index in [1.165, 1.54) is 7.11 Å². The Hall–Kier alpha value is -3.26. The number of nitriles is 1. The van der Waals surface area contributed by atoms with Gasteiger partial charge in [-0.2, -0.15) is 5.26 Å². The monoisotopic (exact) mass is 362 g/mol. The number of hydrogen-bond acceptors (Lipinski definition) is 4. The Labute approximate surface area is 158 Å². The van der Waals surface area contributed by atoms with Crippen LogP contribution in [0.15, 0.2) is 42.6 Å². The Morgan fingerprint density at radius 3 is 2.52 bits per heavy atom. The van der Waals surface area contributed by atoms with Gasteiger partial charge in [-0.15, -0.1) is 0 Å². The molecule has 0 bridgehead atoms. The third-order valence-corrected chi connectivity index (χ3v) is 4.26. The van der Waals surface area contributed by atoms with Gasteiger partial charge in [0.1, 0.15) is 16.9 Å². The summed E-state index contributed by atoms with van der Waals surface area (Å²) in [6.07, 6.45) is 1.96. The number of benzene rings is 2. The first-order valence-electron chi connectivity index (χ1n) is 8.64. The molecule has 27 heavy (non-hydrogen) atoms. The second-order valence-corrected chi connectivity index (χ2v) is 7.41. The second kappa shape index (κ2) is 6.81. The number of carbonyl (C=O) groups excluding carboxylic acids is 1. The molecule has 3 rings (SSSR count). The third kappa shape index (κ3) is 3.65. The minimum Gasteiger partial charge on any atom is -0.496 e. The number of methoxy groups -OCH3 is 1. The summed E-state index contributed by atoms with van der Waals surface area (Å²) in [7, 11) is 3.47. The van der Waals surface area contributed by atoms with E-state index in [1.807, 2.05) is 68.9 Å². The van der Waals surface area contributed by atoms with Gasteiger partial charge < -0.3 is 14.0 Å². The highest BCUT2D eigenvalue weighted by Crippen LogP contribution is 2.34. The van der Waals surface area contributed by atoms with Crippen LogP contribution in [0, 0.1) is 11.3 Å². The van der Waals surface area contributed by atoms with Crippen molar-refractivity contribution in [1.29, 1.82) is 5.26 Å². The van der Waals surface area contributed by atoms with Crippen LogP contribution in [0.1, 0.15) is 36.7 Å². The van der Waals surface area contributed by atoms with Gasteiger partial charge in [0.05, 0.1) is 18.7 Å². The molecule has 5 nitrogen and oxygen atoms in total. The molecule has 0 amide bonds. The van der Waals surface area contributed by atoms with Gasteiger partial charge in [0.2, 0.25) is 0 Å². The van der Waals surface area contributed by atoms with Crippen LogP contribution < -0.4 is 4.74 Å². The van der Waals surface area contributed by atoms with E-state index in [4.69, 9.17) is 9.47 Å². The van der Waals surface area contributed by atoms with Crippen LogP contribution in [0.2, 0.25) is 0 Å². The summed E-state index contributed by atoms with van der Waals surface area (Å²) in [5.74, 6) is 0.00901. The van der Waals surface area contributed by atoms with Gasteiger partial charge >= 0.3 is 5.97 Å². The van der Waals surface area contributed by atoms with Crippen LogP contribution in [-0.2, 0) is 11.8 Å². The van der Waals surface area contributed by atoms with E-state index in [2.05, 4.69) is 6.07 Å². The highest BCUT2D eigenvalue weighted by atomic mass is 16.6. The summed E-state index contributed by atoms with van der Waals surface area (Å²) >= 11 is 0. The van der Waals surface area contributed by atoms with Crippen LogP contribution in [0.3, 0.4) is 0 Å². The molecule has 0 saturated heterocycles. The number of rotatable bonds is 3. The predicted octanol–water partition coefficient (Wildman–Crippen LogP) is 4.68. The fourth-order valence-electron chi connectivity index (χ4n) is 3.04. The fourth-order valence-corrected chi connectivity index (χ4v) is 3.04. The van der Waals surface area contributed by atoms with E-state index in [0.29, 0.717) is 16.9 Å². The Morgan fingerprint density at radius 2 is 1.89 bits per heavy atom. The number of hydrogen-bond donors (Lipinski definition) is 0. The summed E-state index contributed by atoms with van der Waals surface area (Å²) in [6, 6.07) is 13.3. The molecule has 0 atom stereocenters. The maximum absolute atomic E-state index is 12.5. The summed E-state index contributed by atoms with van der Waals surface area (Å²) in [5.41, 5.74) is 3.12. The van der Waals surface area contributed by atoms with Crippen molar-refractivity contribution >= 4 is 16.9 Å². The highest BCUT2D eigenvalue weighted by molar-refractivity contribution is 5.99. The Balaban J connectivity index is 2.13. The average molecular weight is 362 g/mol. The molecule has 0 radical (unpaired) electrons. The highest BCUT2D eigenvalue weighted by Gasteiger charge is 2.21. The standard InChI is InChI=1S/C22H22N2O3/c1-22(2,3)27-21(25)17-7-6-15(12-20(17)26-5)18-10-14(13-23)11-19-16(18)8-9-24(19)4/h6-12H,1-5H3. The van der Waals surface area contributed by atoms with Crippen molar-refractivity contribution in [2.24, 2.45) is 7.05 Å². The Kier molecular flexibility index (Phi) is 4.67. The second-order valence-electron chi connectivity index (χ2n) is 7.41. The number of nitrogens with zero attached hydrogens (tertiary/aromatic N) is 2. The van der Waals surface area contributed by atoms with Crippen molar-refractivity contribution in [3.63, 3.8) is 0 Å². The SMILES string of the molecule is COc1cc(-c2cc(C#N)cc3c2ccn3C)ccc1C(=O)OC(C)(C)C. The molecular weight excluding hydrogens is 340 g/mol. The molecule has 0 aliphatic heterocycles. The number of carbonyl (C=O) groups is 1. The van der Waals surface area contributed by atoms with Gasteiger partial charge in [-0.05, 0) is 62.2 Å². The molecule has 0 fully saturated rings. The van der Waals surface area contributed by atoms with Crippen LogP contribution >= 0.6 is 0 Å². The summed E-state index contributed by atoms with van der Waals surface area (Å²) in [4.78, 5) is 12.5. The first-order chi connectivity index (χ1) is 12.7. The average Bonchev–Trinajstić information content (AvgIpc) is 3.00. The normalized spacial score (nSPS) is 11.3. The lowest BCUT2D eigenvalue weighted by molar-refractivity contribution is 0.00666. The van der Waals surface area contributed by atoms with E-state index in [-0.39, 0.29) is 0 Å². The van der Waals surface area contributed by atoms with E-state index in [0.717, 1.165) is 22.0 Å². The van der Waals surface area contributed by atoms with Crippen molar-refractivity contribution in [2.45, 2.75) is 26.4 Å². The molecule has 5 heteroatoms. The Bertz CT molecular complexity index is 1070. The maximum Gasteiger partial charge on any atom is 0.342 e. The van der Waals surface area contributed by atoms with E-state index in [9.17, 15) is 10.1 Å². The zero-order valence-electron chi connectivity index (χ0n) is 16.2. The van der Waals surface area contributed by atoms with Gasteiger partial charge in [0, 0.05) is 24.1 Å². The molecule has 2 aromatic carbocycles. The maximum atomic E-state index is 12.5. The Morgan fingerprint density at radius 1 is 1.15 bits per heavy atom. The lowest BCUT2D eigenvalue weighted by atomic mass is 9.97. The van der Waals surface area contributed by atoms with Crippen molar-refractivity contribution < 1.29 is 14.3 Å². The van der Waals surface area contributed by atoms with Crippen molar-refractivity contribution in [1.82, 2.24) is 4.57 Å². The lowest BCUT2D eigenvalue weighted by Gasteiger charge is -2.20. The molecule has 0 unspecified atom stereocenters. The third-order valence-electron chi connectivity index (χ3n) is 4.26. The first kappa shape index (κ1) is 18.5. The number of esters is 1. The topological polar surface area (TPSA) is 64.2 Å². The van der Waals surface area contributed by atoms with Crippen LogP contribution in [0.5, 0.6) is 5.75 Å². The van der Waals surface area contributed by atoms with Gasteiger partial charge in [-0.25, -0.2) is 4.79 Å². The van der Waals surface area contributed by atoms with Gasteiger partial charge in [-0.3, -0.25) is 0 Å². The van der Waals surface area contributed by atoms with E-state index < -0.39 is 11.6 Å². The summed E-state index contributed by atoms with van der Waals surface area (Å²) < 4.78 is 12.9. The van der Waals surface area contributed by atoms with Crippen molar-refractivity contribution in [2.75, 3.05) is 7.11 Å². The minimum atomic E-state index is -0.585. The molecule has 138 valence electrons. The van der Waals surface area contributed by atoms with E-state index >= 15 is 0 Å². The fraction of sp³-hybridized carbons (Fsp3) is 0.273. The first-order valence-corrected chi connectivity index (χ1v) is 8.64. The molecule has 0 N–H and O–H groups in total. The molecule has 0 saturated carbocycles. The molecular formula is C22H22N2O3. The van der Waals surface area contributed by atoms with Crippen LogP contribution in [-0.4, -0.2) is 23.2 Å². The molecule has 0 aliphatic carbocycles. The number of aromatic nitrogens is 1. The van der Waals surface area contributed by atoms with E-state index in [1.54, 1.807) is 6.07 Å². The summed E-state index contributed by atoms with van der Waals surface area (Å²) in [5, 5.41) is 10.4. The number of ether oxygens (including phenoxy) is 2. The van der Waals surface area contributed by atoms with Gasteiger partial charge in [0.25, 0.3) is 0 Å². The molecule has 1 heterocycles.